The average molecular weight is 488 g/mol. The fraction of sp³-hybridized carbons (Fsp3) is 0.480. The van der Waals surface area contributed by atoms with Gasteiger partial charge in [-0.15, -0.1) is 0 Å². The summed E-state index contributed by atoms with van der Waals surface area (Å²) in [4.78, 5) is 13.5. The summed E-state index contributed by atoms with van der Waals surface area (Å²) in [5.41, 5.74) is -0.364. The van der Waals surface area contributed by atoms with Crippen LogP contribution in [-0.4, -0.2) is 47.0 Å². The second kappa shape index (κ2) is 7.87. The van der Waals surface area contributed by atoms with E-state index in [1.807, 2.05) is 58.0 Å². The zero-order chi connectivity index (χ0) is 24.5. The van der Waals surface area contributed by atoms with Gasteiger partial charge in [0.25, 0.3) is 0 Å². The molecule has 1 amide bonds. The van der Waals surface area contributed by atoms with E-state index in [1.54, 1.807) is 0 Å². The van der Waals surface area contributed by atoms with Crippen molar-refractivity contribution >= 4 is 30.3 Å². The maximum Gasteiger partial charge on any atom is 0.496 e. The molecule has 0 radical (unpaired) electrons. The number of carbonyl (C=O) groups is 1. The number of likely N-dealkylation sites (tertiary alicyclic amines) is 1. The molecule has 0 aliphatic carbocycles. The smallest absolute Gasteiger partial charge is 0.480 e. The minimum absolute atomic E-state index is 0.0637. The second-order valence-corrected chi connectivity index (χ2v) is 10.7. The molecule has 34 heavy (non-hydrogen) atoms. The number of hydrogen-bond acceptors (Lipinski definition) is 4. The maximum absolute atomic E-state index is 15.1. The molecular formula is C25H28BClFNO5. The molecule has 3 aliphatic rings. The number of rotatable bonds is 3. The lowest BCUT2D eigenvalue weighted by molar-refractivity contribution is 0.00578. The summed E-state index contributed by atoms with van der Waals surface area (Å²) in [7, 11) is -0.878. The molecule has 2 aromatic rings. The molecule has 2 saturated heterocycles. The van der Waals surface area contributed by atoms with Gasteiger partial charge in [-0.05, 0) is 46.1 Å². The van der Waals surface area contributed by atoms with Gasteiger partial charge in [-0.1, -0.05) is 41.9 Å². The highest BCUT2D eigenvalue weighted by Gasteiger charge is 2.57. The van der Waals surface area contributed by atoms with Gasteiger partial charge in [-0.25, -0.2) is 9.18 Å². The van der Waals surface area contributed by atoms with Crippen LogP contribution in [0.15, 0.2) is 36.4 Å². The van der Waals surface area contributed by atoms with Gasteiger partial charge in [-0.2, -0.15) is 0 Å². The number of amides is 1. The molecule has 1 N–H and O–H groups in total. The number of hydrogen-bond donors (Lipinski definition) is 1. The Balaban J connectivity index is 1.65. The molecule has 5 rings (SSSR count). The molecule has 2 atom stereocenters. The summed E-state index contributed by atoms with van der Waals surface area (Å²) in [6.45, 7) is 8.12. The molecule has 0 bridgehead atoms. The van der Waals surface area contributed by atoms with Gasteiger partial charge in [0, 0.05) is 30.1 Å². The lowest BCUT2D eigenvalue weighted by Crippen LogP contribution is -2.52. The van der Waals surface area contributed by atoms with Crippen LogP contribution in [0.2, 0.25) is 5.02 Å². The average Bonchev–Trinajstić information content (AvgIpc) is 3.45. The monoisotopic (exact) mass is 487 g/mol. The van der Waals surface area contributed by atoms with Crippen LogP contribution in [0, 0.1) is 5.82 Å². The van der Waals surface area contributed by atoms with Crippen LogP contribution >= 0.6 is 11.6 Å². The van der Waals surface area contributed by atoms with Gasteiger partial charge in [0.1, 0.15) is 11.6 Å². The highest BCUT2D eigenvalue weighted by atomic mass is 35.5. The van der Waals surface area contributed by atoms with E-state index in [1.165, 1.54) is 11.0 Å². The van der Waals surface area contributed by atoms with Gasteiger partial charge < -0.3 is 24.1 Å². The number of carboxylic acid groups (broad SMARTS) is 1. The van der Waals surface area contributed by atoms with E-state index in [-0.39, 0.29) is 5.02 Å². The van der Waals surface area contributed by atoms with Crippen molar-refractivity contribution in [2.45, 2.75) is 69.8 Å². The van der Waals surface area contributed by atoms with Crippen molar-refractivity contribution < 1.29 is 28.3 Å². The Kier molecular flexibility index (Phi) is 5.43. The summed E-state index contributed by atoms with van der Waals surface area (Å²) < 4.78 is 34.1. The van der Waals surface area contributed by atoms with Crippen molar-refractivity contribution in [1.29, 1.82) is 0 Å². The zero-order valence-electron chi connectivity index (χ0n) is 19.7. The third-order valence-corrected chi connectivity index (χ3v) is 8.23. The lowest BCUT2D eigenvalue weighted by atomic mass is 9.72. The van der Waals surface area contributed by atoms with Crippen LogP contribution in [0.1, 0.15) is 51.7 Å². The Morgan fingerprint density at radius 1 is 1.18 bits per heavy atom. The van der Waals surface area contributed by atoms with Crippen molar-refractivity contribution in [1.82, 2.24) is 4.90 Å². The normalized spacial score (nSPS) is 27.1. The Morgan fingerprint density at radius 2 is 1.82 bits per heavy atom. The molecule has 180 valence electrons. The van der Waals surface area contributed by atoms with Gasteiger partial charge in [0.15, 0.2) is 5.60 Å². The predicted molar refractivity (Wildman–Crippen MR) is 127 cm³/mol. The van der Waals surface area contributed by atoms with Crippen LogP contribution in [-0.2, 0) is 21.3 Å². The van der Waals surface area contributed by atoms with Gasteiger partial charge in [0.05, 0.1) is 22.3 Å². The molecule has 0 spiro atoms. The topological polar surface area (TPSA) is 68.2 Å². The lowest BCUT2D eigenvalue weighted by Gasteiger charge is -2.39. The minimum atomic E-state index is -1.02. The molecule has 3 heterocycles. The quantitative estimate of drug-likeness (QED) is 0.633. The van der Waals surface area contributed by atoms with E-state index in [0.29, 0.717) is 36.2 Å². The standard InChI is InChI=1S/C25H28BClFNO5/c1-23(2)24(3,4)34-26(33-23)20-16-14-25(15-9-6-5-7-10-15,19-11-8-12-29(19)22(30)31)32-18(16)13-17(28)21(20)27/h5-7,9-10,13,19H,8,11-12,14H2,1-4H3,(H,30,31)/t19-,25-/m0/s1. The van der Waals surface area contributed by atoms with Crippen LogP contribution in [0.3, 0.4) is 0 Å². The van der Waals surface area contributed by atoms with Gasteiger partial charge in [-0.3, -0.25) is 0 Å². The molecule has 0 aromatic heterocycles. The second-order valence-electron chi connectivity index (χ2n) is 10.3. The number of benzene rings is 2. The molecule has 0 unspecified atom stereocenters. The minimum Gasteiger partial charge on any atom is -0.480 e. The summed E-state index contributed by atoms with van der Waals surface area (Å²) >= 11 is 6.53. The van der Waals surface area contributed by atoms with Crippen molar-refractivity contribution in [3.05, 3.63) is 58.4 Å². The molecule has 6 nitrogen and oxygen atoms in total. The van der Waals surface area contributed by atoms with E-state index < -0.39 is 41.9 Å². The van der Waals surface area contributed by atoms with E-state index in [9.17, 15) is 9.90 Å². The highest BCUT2D eigenvalue weighted by Crippen LogP contribution is 2.49. The Bertz CT molecular complexity index is 1130. The van der Waals surface area contributed by atoms with Crippen molar-refractivity contribution in [2.24, 2.45) is 0 Å². The maximum atomic E-state index is 15.1. The molecule has 3 aliphatic heterocycles. The largest absolute Gasteiger partial charge is 0.496 e. The van der Waals surface area contributed by atoms with Gasteiger partial charge in [0.2, 0.25) is 0 Å². The molecular weight excluding hydrogens is 460 g/mol. The summed E-state index contributed by atoms with van der Waals surface area (Å²) in [5, 5.41) is 9.84. The highest BCUT2D eigenvalue weighted by molar-refractivity contribution is 6.66. The zero-order valence-corrected chi connectivity index (χ0v) is 20.5. The summed E-state index contributed by atoms with van der Waals surface area (Å²) in [6.07, 6.45) is 0.690. The van der Waals surface area contributed by atoms with Crippen LogP contribution in [0.25, 0.3) is 0 Å². The van der Waals surface area contributed by atoms with E-state index >= 15 is 4.39 Å². The van der Waals surface area contributed by atoms with Crippen molar-refractivity contribution in [3.63, 3.8) is 0 Å². The number of halogens is 2. The first-order valence-corrected chi connectivity index (χ1v) is 12.0. The Hall–Kier alpha value is -2.29. The van der Waals surface area contributed by atoms with Crippen LogP contribution in [0.4, 0.5) is 9.18 Å². The molecule has 2 fully saturated rings. The van der Waals surface area contributed by atoms with Crippen molar-refractivity contribution in [3.8, 4) is 5.75 Å². The fourth-order valence-corrected chi connectivity index (χ4v) is 5.63. The Labute approximate surface area is 204 Å². The number of fused-ring (bicyclic) bond motifs is 1. The predicted octanol–water partition coefficient (Wildman–Crippen LogP) is 4.75. The van der Waals surface area contributed by atoms with E-state index in [4.69, 9.17) is 25.6 Å². The van der Waals surface area contributed by atoms with Crippen LogP contribution in [0.5, 0.6) is 5.75 Å². The van der Waals surface area contributed by atoms with Crippen LogP contribution < -0.4 is 10.2 Å². The first kappa shape index (κ1) is 23.5. The van der Waals surface area contributed by atoms with E-state index in [2.05, 4.69) is 0 Å². The third-order valence-electron chi connectivity index (χ3n) is 7.85. The first-order chi connectivity index (χ1) is 16.0. The molecule has 2 aromatic carbocycles. The summed E-state index contributed by atoms with van der Waals surface area (Å²) in [5.74, 6) is -0.289. The van der Waals surface area contributed by atoms with E-state index in [0.717, 1.165) is 12.0 Å². The summed E-state index contributed by atoms with van der Waals surface area (Å²) in [6, 6.07) is 10.4. The number of nitrogens with zero attached hydrogens (tertiary/aromatic N) is 1. The molecule has 9 heteroatoms. The van der Waals surface area contributed by atoms with Gasteiger partial charge >= 0.3 is 13.2 Å². The fourth-order valence-electron chi connectivity index (χ4n) is 5.37. The number of ether oxygens (including phenoxy) is 1. The third kappa shape index (κ3) is 3.41. The first-order valence-electron chi connectivity index (χ1n) is 11.6. The SMILES string of the molecule is CC1(C)OB(c2c(Cl)c(F)cc3c2C[C@](c2ccccc2)([C@@H]2CCCN2C(=O)O)O3)OC1(C)C. The van der Waals surface area contributed by atoms with Crippen molar-refractivity contribution in [2.75, 3.05) is 6.54 Å². The molecule has 0 saturated carbocycles. The Morgan fingerprint density at radius 3 is 2.44 bits per heavy atom.